The van der Waals surface area contributed by atoms with Gasteiger partial charge >= 0.3 is 0 Å². The average Bonchev–Trinajstić information content (AvgIpc) is 2.48. The van der Waals surface area contributed by atoms with Crippen LogP contribution in [0.5, 0.6) is 0 Å². The molecule has 0 aliphatic rings. The summed E-state index contributed by atoms with van der Waals surface area (Å²) in [5, 5.41) is 0. The fraction of sp³-hybridized carbons (Fsp3) is 0.545. The van der Waals surface area contributed by atoms with E-state index < -0.39 is 0 Å². The zero-order valence-corrected chi connectivity index (χ0v) is 16.0. The molecule has 2 aromatic heterocycles. The number of rotatable bonds is 9. The Kier molecular flexibility index (Phi) is 7.42. The van der Waals surface area contributed by atoms with Crippen LogP contribution in [0, 0.1) is 27.7 Å². The minimum atomic E-state index is 1.15. The van der Waals surface area contributed by atoms with Crippen LogP contribution in [0.15, 0.2) is 36.9 Å². The monoisotopic (exact) mass is 326 g/mol. The van der Waals surface area contributed by atoms with Crippen molar-refractivity contribution in [2.75, 3.05) is 0 Å². The van der Waals surface area contributed by atoms with E-state index in [-0.39, 0.29) is 0 Å². The Balaban J connectivity index is 1.55. The molecule has 130 valence electrons. The van der Waals surface area contributed by atoms with Crippen LogP contribution in [0.3, 0.4) is 0 Å². The van der Waals surface area contributed by atoms with Crippen LogP contribution < -0.4 is 9.13 Å². The van der Waals surface area contributed by atoms with Gasteiger partial charge in [-0.15, -0.1) is 0 Å². The molecule has 0 saturated carbocycles. The second-order valence-corrected chi connectivity index (χ2v) is 7.38. The Hall–Kier alpha value is -1.70. The van der Waals surface area contributed by atoms with Gasteiger partial charge in [-0.3, -0.25) is 0 Å². The molecule has 0 spiro atoms. The molecular weight excluding hydrogens is 292 g/mol. The summed E-state index contributed by atoms with van der Waals surface area (Å²) in [5.41, 5.74) is 5.44. The van der Waals surface area contributed by atoms with E-state index in [0.29, 0.717) is 0 Å². The topological polar surface area (TPSA) is 7.76 Å². The smallest absolute Gasteiger partial charge is 0.171 e. The maximum absolute atomic E-state index is 2.35. The zero-order chi connectivity index (χ0) is 17.4. The summed E-state index contributed by atoms with van der Waals surface area (Å²) in [5.74, 6) is 0. The van der Waals surface area contributed by atoms with Gasteiger partial charge in [-0.1, -0.05) is 12.8 Å². The summed E-state index contributed by atoms with van der Waals surface area (Å²) in [6.45, 7) is 11.0. The third-order valence-electron chi connectivity index (χ3n) is 4.47. The first-order chi connectivity index (χ1) is 11.5. The Morgan fingerprint density at radius 1 is 0.500 bits per heavy atom. The van der Waals surface area contributed by atoms with Gasteiger partial charge in [0, 0.05) is 35.1 Å². The van der Waals surface area contributed by atoms with Crippen LogP contribution in [0.2, 0.25) is 0 Å². The molecule has 0 aliphatic heterocycles. The first kappa shape index (κ1) is 18.6. The predicted octanol–water partition coefficient (Wildman–Crippen LogP) is 4.54. The molecule has 0 aliphatic carbocycles. The molecule has 0 amide bonds. The molecule has 0 atom stereocenters. The van der Waals surface area contributed by atoms with E-state index in [2.05, 4.69) is 73.7 Å². The van der Waals surface area contributed by atoms with Gasteiger partial charge in [0.05, 0.1) is 0 Å². The van der Waals surface area contributed by atoms with E-state index in [9.17, 15) is 0 Å². The van der Waals surface area contributed by atoms with Gasteiger partial charge in [0.2, 0.25) is 0 Å². The van der Waals surface area contributed by atoms with Crippen LogP contribution in [0.4, 0.5) is 0 Å². The molecule has 2 aromatic rings. The highest BCUT2D eigenvalue weighted by molar-refractivity contribution is 5.11. The average molecular weight is 327 g/mol. The number of unbranched alkanes of at least 4 members (excludes halogenated alkanes) is 5. The van der Waals surface area contributed by atoms with Crippen LogP contribution in [0.1, 0.15) is 60.8 Å². The molecule has 0 saturated heterocycles. The Morgan fingerprint density at radius 3 is 1.12 bits per heavy atom. The summed E-state index contributed by atoms with van der Waals surface area (Å²) in [6, 6.07) is 4.48. The van der Waals surface area contributed by atoms with Gasteiger partial charge in [0.25, 0.3) is 0 Å². The van der Waals surface area contributed by atoms with E-state index in [1.54, 1.807) is 0 Å². The largest absolute Gasteiger partial charge is 0.205 e. The minimum absolute atomic E-state index is 1.15. The molecule has 0 N–H and O–H groups in total. The normalized spacial score (nSPS) is 11.0. The Bertz CT molecular complexity index is 548. The van der Waals surface area contributed by atoms with Crippen molar-refractivity contribution in [2.24, 2.45) is 0 Å². The second kappa shape index (κ2) is 9.56. The van der Waals surface area contributed by atoms with E-state index >= 15 is 0 Å². The molecule has 2 heterocycles. The van der Waals surface area contributed by atoms with E-state index in [0.717, 1.165) is 13.1 Å². The number of aryl methyl sites for hydroxylation is 6. The lowest BCUT2D eigenvalue weighted by Gasteiger charge is -2.02. The molecule has 2 heteroatoms. The second-order valence-electron chi connectivity index (χ2n) is 7.38. The number of hydrogen-bond donors (Lipinski definition) is 0. The molecule has 0 bridgehead atoms. The standard InChI is InChI=1S/C22H34N2/c1-19-13-20(2)16-23(15-19)11-9-7-5-6-8-10-12-24-17-21(3)14-22(4)18-24/h13-18H,5-12H2,1-4H3/q+2. The van der Waals surface area contributed by atoms with Gasteiger partial charge in [-0.25, -0.2) is 9.13 Å². The first-order valence-corrected chi connectivity index (χ1v) is 9.47. The van der Waals surface area contributed by atoms with Crippen molar-refractivity contribution in [3.05, 3.63) is 59.2 Å². The van der Waals surface area contributed by atoms with Crippen molar-refractivity contribution >= 4 is 0 Å². The van der Waals surface area contributed by atoms with E-state index in [1.807, 2.05) is 0 Å². The predicted molar refractivity (Wildman–Crippen MR) is 99.9 cm³/mol. The molecule has 0 unspecified atom stereocenters. The summed E-state index contributed by atoms with van der Waals surface area (Å²) in [6.07, 6.45) is 17.0. The summed E-state index contributed by atoms with van der Waals surface area (Å²) >= 11 is 0. The molecule has 0 aromatic carbocycles. The van der Waals surface area contributed by atoms with Crippen molar-refractivity contribution in [1.29, 1.82) is 0 Å². The van der Waals surface area contributed by atoms with Crippen LogP contribution in [-0.2, 0) is 13.1 Å². The first-order valence-electron chi connectivity index (χ1n) is 9.47. The van der Waals surface area contributed by atoms with Crippen LogP contribution in [0.25, 0.3) is 0 Å². The van der Waals surface area contributed by atoms with Crippen LogP contribution in [-0.4, -0.2) is 0 Å². The number of nitrogens with zero attached hydrogens (tertiary/aromatic N) is 2. The highest BCUT2D eigenvalue weighted by atomic mass is 14.9. The fourth-order valence-electron chi connectivity index (χ4n) is 3.54. The molecule has 24 heavy (non-hydrogen) atoms. The summed E-state index contributed by atoms with van der Waals surface area (Å²) in [7, 11) is 0. The zero-order valence-electron chi connectivity index (χ0n) is 16.0. The molecule has 0 fully saturated rings. The maximum atomic E-state index is 2.35. The number of aromatic nitrogens is 2. The van der Waals surface area contributed by atoms with Gasteiger partial charge in [-0.2, -0.15) is 0 Å². The third kappa shape index (κ3) is 6.82. The van der Waals surface area contributed by atoms with Gasteiger partial charge in [0.1, 0.15) is 13.1 Å². The molecule has 2 nitrogen and oxygen atoms in total. The molecule has 2 rings (SSSR count). The minimum Gasteiger partial charge on any atom is -0.205 e. The maximum Gasteiger partial charge on any atom is 0.171 e. The lowest BCUT2D eigenvalue weighted by Crippen LogP contribution is -2.33. The fourth-order valence-corrected chi connectivity index (χ4v) is 3.54. The van der Waals surface area contributed by atoms with Crippen molar-refractivity contribution < 1.29 is 9.13 Å². The molecular formula is C22H34N2+2. The highest BCUT2D eigenvalue weighted by Crippen LogP contribution is 2.06. The number of pyridine rings is 2. The lowest BCUT2D eigenvalue weighted by atomic mass is 10.1. The van der Waals surface area contributed by atoms with Crippen LogP contribution >= 0.6 is 0 Å². The van der Waals surface area contributed by atoms with Crippen molar-refractivity contribution in [1.82, 2.24) is 0 Å². The van der Waals surface area contributed by atoms with Gasteiger partial charge < -0.3 is 0 Å². The van der Waals surface area contributed by atoms with Crippen molar-refractivity contribution in [3.63, 3.8) is 0 Å². The molecule has 0 radical (unpaired) electrons. The Morgan fingerprint density at radius 2 is 0.792 bits per heavy atom. The van der Waals surface area contributed by atoms with Gasteiger partial charge in [-0.05, 0) is 52.7 Å². The number of hydrogen-bond acceptors (Lipinski definition) is 0. The lowest BCUT2D eigenvalue weighted by molar-refractivity contribution is -0.698. The highest BCUT2D eigenvalue weighted by Gasteiger charge is 2.04. The summed E-state index contributed by atoms with van der Waals surface area (Å²) in [4.78, 5) is 0. The third-order valence-corrected chi connectivity index (χ3v) is 4.47. The van der Waals surface area contributed by atoms with E-state index in [1.165, 1.54) is 60.8 Å². The van der Waals surface area contributed by atoms with Crippen molar-refractivity contribution in [2.45, 2.75) is 79.3 Å². The Labute approximate surface area is 148 Å². The van der Waals surface area contributed by atoms with Crippen molar-refractivity contribution in [3.8, 4) is 0 Å². The SMILES string of the molecule is Cc1cc(C)c[n+](CCCCCCCC[n+]2cc(C)cc(C)c2)c1. The quantitative estimate of drug-likeness (QED) is 0.472. The summed E-state index contributed by atoms with van der Waals surface area (Å²) < 4.78 is 4.70. The van der Waals surface area contributed by atoms with Gasteiger partial charge in [0.15, 0.2) is 24.8 Å². The van der Waals surface area contributed by atoms with E-state index in [4.69, 9.17) is 0 Å².